The smallest absolute Gasteiger partial charge is 0.224 e. The normalized spacial score (nSPS) is 11.1. The Morgan fingerprint density at radius 1 is 1.33 bits per heavy atom. The van der Waals surface area contributed by atoms with E-state index in [0.29, 0.717) is 18.6 Å². The van der Waals surface area contributed by atoms with E-state index in [1.54, 1.807) is 6.92 Å². The van der Waals surface area contributed by atoms with Crippen molar-refractivity contribution in [2.75, 3.05) is 5.32 Å². The van der Waals surface area contributed by atoms with Gasteiger partial charge in [-0.2, -0.15) is 0 Å². The Balaban J connectivity index is 2.37. The minimum absolute atomic E-state index is 0.0794. The van der Waals surface area contributed by atoms with E-state index in [1.807, 2.05) is 30.3 Å². The summed E-state index contributed by atoms with van der Waals surface area (Å²) in [5.74, 6) is -0.0794. The first-order valence-electron chi connectivity index (χ1n) is 4.75. The summed E-state index contributed by atoms with van der Waals surface area (Å²) in [5.41, 5.74) is 1.33. The van der Waals surface area contributed by atoms with Gasteiger partial charge in [0.25, 0.3) is 0 Å². The summed E-state index contributed by atoms with van der Waals surface area (Å²) in [5, 5.41) is 14.1. The highest BCUT2D eigenvalue weighted by molar-refractivity contribution is 5.94. The zero-order valence-corrected chi connectivity index (χ0v) is 8.60. The van der Waals surface area contributed by atoms with Gasteiger partial charge in [-0.3, -0.25) is 4.79 Å². The second kappa shape index (κ2) is 5.80. The summed E-state index contributed by atoms with van der Waals surface area (Å²) in [4.78, 5) is 11.4. The van der Waals surface area contributed by atoms with Crippen LogP contribution in [0.15, 0.2) is 35.5 Å². The Hall–Kier alpha value is -1.84. The number of carbonyl (C=O) groups is 1. The van der Waals surface area contributed by atoms with E-state index in [1.165, 1.54) is 0 Å². The molecule has 4 nitrogen and oxygen atoms in total. The molecule has 1 amide bonds. The van der Waals surface area contributed by atoms with Crippen LogP contribution >= 0.6 is 0 Å². The molecule has 0 spiro atoms. The molecule has 80 valence electrons. The molecule has 4 heteroatoms. The highest BCUT2D eigenvalue weighted by atomic mass is 16.4. The zero-order chi connectivity index (χ0) is 11.1. The molecule has 15 heavy (non-hydrogen) atoms. The third-order valence-electron chi connectivity index (χ3n) is 1.94. The number of anilines is 1. The summed E-state index contributed by atoms with van der Waals surface area (Å²) in [6.07, 6.45) is 0.792. The van der Waals surface area contributed by atoms with Gasteiger partial charge in [0.1, 0.15) is 0 Å². The highest BCUT2D eigenvalue weighted by Crippen LogP contribution is 2.06. The van der Waals surface area contributed by atoms with Crippen molar-refractivity contribution >= 4 is 17.3 Å². The first-order valence-corrected chi connectivity index (χ1v) is 4.75. The number of amides is 1. The minimum atomic E-state index is -0.0794. The van der Waals surface area contributed by atoms with Gasteiger partial charge in [-0.1, -0.05) is 23.4 Å². The second-order valence-corrected chi connectivity index (χ2v) is 3.25. The monoisotopic (exact) mass is 206 g/mol. The zero-order valence-electron chi connectivity index (χ0n) is 8.60. The fourth-order valence-corrected chi connectivity index (χ4v) is 1.09. The van der Waals surface area contributed by atoms with Crippen LogP contribution < -0.4 is 5.32 Å². The lowest BCUT2D eigenvalue weighted by atomic mass is 10.2. The molecule has 0 fully saturated rings. The Morgan fingerprint density at radius 2 is 2.00 bits per heavy atom. The third-order valence-corrected chi connectivity index (χ3v) is 1.94. The Labute approximate surface area is 88.6 Å². The van der Waals surface area contributed by atoms with E-state index in [-0.39, 0.29) is 5.91 Å². The van der Waals surface area contributed by atoms with E-state index in [4.69, 9.17) is 5.21 Å². The largest absolute Gasteiger partial charge is 0.411 e. The van der Waals surface area contributed by atoms with Crippen LogP contribution in [0.25, 0.3) is 0 Å². The number of para-hydroxylation sites is 1. The summed E-state index contributed by atoms with van der Waals surface area (Å²) < 4.78 is 0. The number of nitrogens with zero attached hydrogens (tertiary/aromatic N) is 1. The molecule has 0 atom stereocenters. The molecule has 0 aliphatic carbocycles. The lowest BCUT2D eigenvalue weighted by molar-refractivity contribution is -0.116. The Bertz CT molecular complexity index is 347. The number of hydrogen-bond donors (Lipinski definition) is 2. The van der Waals surface area contributed by atoms with Gasteiger partial charge in [0, 0.05) is 12.1 Å². The van der Waals surface area contributed by atoms with Crippen LogP contribution in [-0.2, 0) is 4.79 Å². The van der Waals surface area contributed by atoms with Crippen molar-refractivity contribution in [2.45, 2.75) is 19.8 Å². The van der Waals surface area contributed by atoms with Crippen LogP contribution in [0.3, 0.4) is 0 Å². The average Bonchev–Trinajstić information content (AvgIpc) is 2.27. The maximum absolute atomic E-state index is 11.4. The molecule has 0 aliphatic rings. The van der Waals surface area contributed by atoms with Crippen molar-refractivity contribution in [1.82, 2.24) is 0 Å². The number of carbonyl (C=O) groups excluding carboxylic acids is 1. The number of oxime groups is 1. The topological polar surface area (TPSA) is 61.7 Å². The fourth-order valence-electron chi connectivity index (χ4n) is 1.09. The standard InChI is InChI=1S/C11H14N2O2/c1-9(13-15)7-8-11(14)12-10-5-3-2-4-6-10/h2-6,15H,7-8H2,1H3,(H,12,14). The minimum Gasteiger partial charge on any atom is -0.411 e. The molecule has 0 aliphatic heterocycles. The molecule has 1 rings (SSSR count). The van der Waals surface area contributed by atoms with Crippen LogP contribution in [0.2, 0.25) is 0 Å². The molecule has 0 heterocycles. The summed E-state index contributed by atoms with van der Waals surface area (Å²) in [7, 11) is 0. The Kier molecular flexibility index (Phi) is 4.34. The van der Waals surface area contributed by atoms with Gasteiger partial charge in [-0.25, -0.2) is 0 Å². The molecule has 1 aromatic rings. The Morgan fingerprint density at radius 3 is 2.60 bits per heavy atom. The molecule has 0 aromatic heterocycles. The molecule has 1 aromatic carbocycles. The van der Waals surface area contributed by atoms with E-state index >= 15 is 0 Å². The van der Waals surface area contributed by atoms with Gasteiger partial charge in [-0.05, 0) is 25.5 Å². The van der Waals surface area contributed by atoms with Gasteiger partial charge in [0.15, 0.2) is 0 Å². The number of rotatable bonds is 4. The molecule has 0 saturated carbocycles. The SMILES string of the molecule is CC(CCC(=O)Nc1ccccc1)=NO. The van der Waals surface area contributed by atoms with E-state index in [0.717, 1.165) is 5.69 Å². The molecule has 2 N–H and O–H groups in total. The predicted molar refractivity (Wildman–Crippen MR) is 59.2 cm³/mol. The van der Waals surface area contributed by atoms with Gasteiger partial charge in [-0.15, -0.1) is 0 Å². The average molecular weight is 206 g/mol. The van der Waals surface area contributed by atoms with Gasteiger partial charge < -0.3 is 10.5 Å². The van der Waals surface area contributed by atoms with Crippen molar-refractivity contribution in [2.24, 2.45) is 5.16 Å². The van der Waals surface area contributed by atoms with Crippen molar-refractivity contribution in [1.29, 1.82) is 0 Å². The molecule has 0 bridgehead atoms. The maximum atomic E-state index is 11.4. The van der Waals surface area contributed by atoms with Gasteiger partial charge in [0.05, 0.1) is 5.71 Å². The molecule has 0 unspecified atom stereocenters. The number of hydrogen-bond acceptors (Lipinski definition) is 3. The van der Waals surface area contributed by atoms with Crippen LogP contribution in [0, 0.1) is 0 Å². The van der Waals surface area contributed by atoms with E-state index in [9.17, 15) is 4.79 Å². The first kappa shape index (κ1) is 11.2. The van der Waals surface area contributed by atoms with Crippen molar-refractivity contribution in [3.05, 3.63) is 30.3 Å². The molecule has 0 radical (unpaired) electrons. The summed E-state index contributed by atoms with van der Waals surface area (Å²) in [6.45, 7) is 1.68. The molecule has 0 saturated heterocycles. The van der Waals surface area contributed by atoms with Crippen molar-refractivity contribution in [3.63, 3.8) is 0 Å². The highest BCUT2D eigenvalue weighted by Gasteiger charge is 2.02. The third kappa shape index (κ3) is 4.26. The predicted octanol–water partition coefficient (Wildman–Crippen LogP) is 2.26. The quantitative estimate of drug-likeness (QED) is 0.451. The van der Waals surface area contributed by atoms with Crippen molar-refractivity contribution in [3.8, 4) is 0 Å². The van der Waals surface area contributed by atoms with Gasteiger partial charge in [0.2, 0.25) is 5.91 Å². The molecular weight excluding hydrogens is 192 g/mol. The van der Waals surface area contributed by atoms with Gasteiger partial charge >= 0.3 is 0 Å². The van der Waals surface area contributed by atoms with Crippen LogP contribution in [0.4, 0.5) is 5.69 Å². The number of nitrogens with one attached hydrogen (secondary N) is 1. The fraction of sp³-hybridized carbons (Fsp3) is 0.273. The van der Waals surface area contributed by atoms with Crippen LogP contribution in [0.5, 0.6) is 0 Å². The van der Waals surface area contributed by atoms with E-state index < -0.39 is 0 Å². The summed E-state index contributed by atoms with van der Waals surface area (Å²) >= 11 is 0. The lowest BCUT2D eigenvalue weighted by Gasteiger charge is -2.03. The maximum Gasteiger partial charge on any atom is 0.224 e. The first-order chi connectivity index (χ1) is 7.22. The molecular formula is C11H14N2O2. The van der Waals surface area contributed by atoms with Crippen molar-refractivity contribution < 1.29 is 10.0 Å². The van der Waals surface area contributed by atoms with Crippen LogP contribution in [-0.4, -0.2) is 16.8 Å². The van der Waals surface area contributed by atoms with E-state index in [2.05, 4.69) is 10.5 Å². The van der Waals surface area contributed by atoms with Crippen LogP contribution in [0.1, 0.15) is 19.8 Å². The summed E-state index contributed by atoms with van der Waals surface area (Å²) in [6, 6.07) is 9.25. The second-order valence-electron chi connectivity index (χ2n) is 3.25. The lowest BCUT2D eigenvalue weighted by Crippen LogP contribution is -2.12. The number of benzene rings is 1.